The van der Waals surface area contributed by atoms with Crippen molar-refractivity contribution in [3.8, 4) is 0 Å². The number of benzene rings is 1. The van der Waals surface area contributed by atoms with Crippen LogP contribution in [0.4, 0.5) is 0 Å². The van der Waals surface area contributed by atoms with Gasteiger partial charge in [0.25, 0.3) is 0 Å². The van der Waals surface area contributed by atoms with E-state index in [1.165, 1.54) is 5.57 Å². The second-order valence-corrected chi connectivity index (χ2v) is 5.81. The Morgan fingerprint density at radius 3 is 2.64 bits per heavy atom. The van der Waals surface area contributed by atoms with Crippen molar-refractivity contribution in [2.45, 2.75) is 45.1 Å². The predicted molar refractivity (Wildman–Crippen MR) is 85.3 cm³/mol. The second-order valence-electron chi connectivity index (χ2n) is 5.81. The average Bonchev–Trinajstić information content (AvgIpc) is 2.56. The van der Waals surface area contributed by atoms with Crippen LogP contribution in [0.25, 0.3) is 0 Å². The van der Waals surface area contributed by atoms with Crippen molar-refractivity contribution in [2.24, 2.45) is 0 Å². The molecule has 3 nitrogen and oxygen atoms in total. The normalized spacial score (nSPS) is 24.3. The second kappa shape index (κ2) is 6.39. The highest BCUT2D eigenvalue weighted by Crippen LogP contribution is 2.39. The third-order valence-corrected chi connectivity index (χ3v) is 4.36. The summed E-state index contributed by atoms with van der Waals surface area (Å²) in [5.74, 6) is 0.532. The molecule has 2 unspecified atom stereocenters. The van der Waals surface area contributed by atoms with Crippen LogP contribution in [0.3, 0.4) is 0 Å². The zero-order valence-corrected chi connectivity index (χ0v) is 13.2. The van der Waals surface area contributed by atoms with Crippen LogP contribution in [-0.2, 0) is 14.3 Å². The van der Waals surface area contributed by atoms with E-state index in [-0.39, 0.29) is 18.0 Å². The molecule has 0 amide bonds. The lowest BCUT2D eigenvalue weighted by atomic mass is 9.88. The van der Waals surface area contributed by atoms with Crippen LogP contribution >= 0.6 is 0 Å². The molecule has 116 valence electrons. The van der Waals surface area contributed by atoms with Crippen LogP contribution in [0.2, 0.25) is 0 Å². The molecule has 3 rings (SSSR count). The number of carbonyl (C=O) groups excluding carboxylic acids is 1. The summed E-state index contributed by atoms with van der Waals surface area (Å²) < 4.78 is 11.7. The summed E-state index contributed by atoms with van der Waals surface area (Å²) in [5.41, 5.74) is 2.92. The molecule has 0 N–H and O–H groups in total. The van der Waals surface area contributed by atoms with Crippen molar-refractivity contribution in [1.82, 2.24) is 0 Å². The number of hydrogen-bond acceptors (Lipinski definition) is 3. The Morgan fingerprint density at radius 2 is 1.95 bits per heavy atom. The Morgan fingerprint density at radius 1 is 1.18 bits per heavy atom. The zero-order valence-electron chi connectivity index (χ0n) is 13.2. The van der Waals surface area contributed by atoms with E-state index in [2.05, 4.69) is 26.0 Å². The molecule has 0 fully saturated rings. The lowest BCUT2D eigenvalue weighted by Gasteiger charge is -2.34. The van der Waals surface area contributed by atoms with Gasteiger partial charge in [-0.05, 0) is 30.1 Å². The van der Waals surface area contributed by atoms with Crippen molar-refractivity contribution in [2.75, 3.05) is 6.61 Å². The quantitative estimate of drug-likeness (QED) is 0.785. The van der Waals surface area contributed by atoms with Gasteiger partial charge in [0.1, 0.15) is 18.5 Å². The molecule has 1 aromatic rings. The molecule has 2 heterocycles. The Hall–Kier alpha value is -2.03. The standard InChI is InChI=1S/C19H22O3/c1-3-8-17-13(4-2)11-15-18(22-17)16(12-21-19(15)20)14-9-6-5-7-10-14/h5-7,9-11,16-17H,3-4,8,12H2,1-2H3. The van der Waals surface area contributed by atoms with E-state index in [0.29, 0.717) is 12.2 Å². The number of carbonyl (C=O) groups is 1. The highest BCUT2D eigenvalue weighted by Gasteiger charge is 2.36. The van der Waals surface area contributed by atoms with Crippen LogP contribution in [0.15, 0.2) is 53.3 Å². The number of esters is 1. The minimum Gasteiger partial charge on any atom is -0.489 e. The third kappa shape index (κ3) is 2.68. The number of hydrogen-bond donors (Lipinski definition) is 0. The van der Waals surface area contributed by atoms with E-state index >= 15 is 0 Å². The van der Waals surface area contributed by atoms with Crippen LogP contribution in [0.5, 0.6) is 0 Å². The molecule has 22 heavy (non-hydrogen) atoms. The predicted octanol–water partition coefficient (Wildman–Crippen LogP) is 4.12. The Bertz CT molecular complexity index is 613. The average molecular weight is 298 g/mol. The monoisotopic (exact) mass is 298 g/mol. The van der Waals surface area contributed by atoms with Gasteiger partial charge in [0, 0.05) is 0 Å². The lowest BCUT2D eigenvalue weighted by molar-refractivity contribution is -0.141. The first-order valence-electron chi connectivity index (χ1n) is 8.08. The SMILES string of the molecule is CCCC1OC2=C(C=C1CC)C(=O)OCC2c1ccccc1. The molecule has 2 atom stereocenters. The van der Waals surface area contributed by atoms with Gasteiger partial charge in [-0.1, -0.05) is 50.6 Å². The fraction of sp³-hybridized carbons (Fsp3) is 0.421. The molecule has 0 saturated carbocycles. The van der Waals surface area contributed by atoms with Crippen molar-refractivity contribution < 1.29 is 14.3 Å². The largest absolute Gasteiger partial charge is 0.489 e. The van der Waals surface area contributed by atoms with Crippen molar-refractivity contribution >= 4 is 5.97 Å². The van der Waals surface area contributed by atoms with Gasteiger partial charge in [0.2, 0.25) is 0 Å². The highest BCUT2D eigenvalue weighted by molar-refractivity contribution is 5.94. The molecular weight excluding hydrogens is 276 g/mol. The van der Waals surface area contributed by atoms with E-state index in [1.807, 2.05) is 24.3 Å². The lowest BCUT2D eigenvalue weighted by Crippen LogP contribution is -2.31. The number of ether oxygens (including phenoxy) is 2. The Labute approximate surface area is 131 Å². The van der Waals surface area contributed by atoms with Crippen LogP contribution in [-0.4, -0.2) is 18.7 Å². The van der Waals surface area contributed by atoms with Gasteiger partial charge in [-0.25, -0.2) is 4.79 Å². The minimum atomic E-state index is -0.261. The summed E-state index contributed by atoms with van der Waals surface area (Å²) in [4.78, 5) is 12.1. The third-order valence-electron chi connectivity index (χ3n) is 4.36. The van der Waals surface area contributed by atoms with Crippen LogP contribution < -0.4 is 0 Å². The maximum Gasteiger partial charge on any atom is 0.341 e. The van der Waals surface area contributed by atoms with Crippen molar-refractivity contribution in [1.29, 1.82) is 0 Å². The Kier molecular flexibility index (Phi) is 4.32. The van der Waals surface area contributed by atoms with Crippen LogP contribution in [0, 0.1) is 0 Å². The molecule has 0 spiro atoms. The van der Waals surface area contributed by atoms with Gasteiger partial charge < -0.3 is 9.47 Å². The van der Waals surface area contributed by atoms with Crippen LogP contribution in [0.1, 0.15) is 44.6 Å². The minimum absolute atomic E-state index is 0.00270. The van der Waals surface area contributed by atoms with Gasteiger partial charge in [-0.3, -0.25) is 0 Å². The number of cyclic esters (lactones) is 1. The summed E-state index contributed by atoms with van der Waals surface area (Å²) in [6.07, 6.45) is 5.02. The fourth-order valence-electron chi connectivity index (χ4n) is 3.15. The Balaban J connectivity index is 2.01. The maximum atomic E-state index is 12.1. The van der Waals surface area contributed by atoms with Gasteiger partial charge in [0.05, 0.1) is 11.5 Å². The molecule has 0 aliphatic carbocycles. The topological polar surface area (TPSA) is 35.5 Å². The van der Waals surface area contributed by atoms with Gasteiger partial charge in [-0.2, -0.15) is 0 Å². The first-order chi connectivity index (χ1) is 10.7. The van der Waals surface area contributed by atoms with E-state index in [9.17, 15) is 4.79 Å². The summed E-state index contributed by atoms with van der Waals surface area (Å²) in [7, 11) is 0. The molecule has 1 aromatic carbocycles. The number of rotatable bonds is 4. The van der Waals surface area contributed by atoms with Gasteiger partial charge >= 0.3 is 5.97 Å². The van der Waals surface area contributed by atoms with E-state index < -0.39 is 0 Å². The van der Waals surface area contributed by atoms with Gasteiger partial charge in [0.15, 0.2) is 0 Å². The van der Waals surface area contributed by atoms with E-state index in [4.69, 9.17) is 9.47 Å². The zero-order chi connectivity index (χ0) is 15.5. The first kappa shape index (κ1) is 14.9. The molecule has 0 radical (unpaired) electrons. The summed E-state index contributed by atoms with van der Waals surface area (Å²) in [6.45, 7) is 4.62. The first-order valence-corrected chi connectivity index (χ1v) is 8.08. The smallest absolute Gasteiger partial charge is 0.341 e. The molecule has 2 aliphatic heterocycles. The van der Waals surface area contributed by atoms with Gasteiger partial charge in [-0.15, -0.1) is 0 Å². The molecular formula is C19H22O3. The van der Waals surface area contributed by atoms with Crippen molar-refractivity contribution in [3.05, 3.63) is 58.9 Å². The molecule has 0 bridgehead atoms. The summed E-state index contributed by atoms with van der Waals surface area (Å²) >= 11 is 0. The van der Waals surface area contributed by atoms with Crippen molar-refractivity contribution in [3.63, 3.8) is 0 Å². The highest BCUT2D eigenvalue weighted by atomic mass is 16.5. The molecule has 3 heteroatoms. The molecule has 0 saturated heterocycles. The van der Waals surface area contributed by atoms with E-state index in [1.54, 1.807) is 0 Å². The fourth-order valence-corrected chi connectivity index (χ4v) is 3.15. The molecule has 0 aromatic heterocycles. The maximum absolute atomic E-state index is 12.1. The van der Waals surface area contributed by atoms with E-state index in [0.717, 1.165) is 30.6 Å². The molecule has 2 aliphatic rings. The summed E-state index contributed by atoms with van der Waals surface area (Å²) in [5, 5.41) is 0. The summed E-state index contributed by atoms with van der Waals surface area (Å²) in [6, 6.07) is 10.1.